The standard InChI is InChI=1S/C9H8N2O4S/c12-9-5-6-10-11(9)7-3-1-2-4-8(7)16(13,14)15/h1-6,10H,(H,13,14,15). The molecule has 0 unspecified atom stereocenters. The Balaban J connectivity index is 2.77. The van der Waals surface area contributed by atoms with Gasteiger partial charge in [0.15, 0.2) is 0 Å². The normalized spacial score (nSPS) is 11.6. The highest BCUT2D eigenvalue weighted by atomic mass is 32.2. The van der Waals surface area contributed by atoms with Crippen molar-refractivity contribution in [3.8, 4) is 5.69 Å². The summed E-state index contributed by atoms with van der Waals surface area (Å²) in [5, 5.41) is 2.56. The van der Waals surface area contributed by atoms with E-state index in [0.717, 1.165) is 4.68 Å². The predicted molar refractivity (Wildman–Crippen MR) is 56.2 cm³/mol. The van der Waals surface area contributed by atoms with Crippen LogP contribution in [0.5, 0.6) is 0 Å². The molecule has 0 atom stereocenters. The van der Waals surface area contributed by atoms with Gasteiger partial charge in [-0.05, 0) is 12.1 Å². The molecule has 0 aliphatic rings. The number of aromatic nitrogens is 2. The lowest BCUT2D eigenvalue weighted by atomic mass is 10.3. The first kappa shape index (κ1) is 10.7. The minimum absolute atomic E-state index is 0.0833. The number of hydrogen-bond donors (Lipinski definition) is 2. The number of H-pyrrole nitrogens is 1. The maximum absolute atomic E-state index is 11.4. The minimum Gasteiger partial charge on any atom is -0.298 e. The molecule has 6 nitrogen and oxygen atoms in total. The molecule has 0 fully saturated rings. The maximum Gasteiger partial charge on any atom is 0.296 e. The minimum atomic E-state index is -4.36. The van der Waals surface area contributed by atoms with Gasteiger partial charge in [0.1, 0.15) is 4.90 Å². The number of aromatic amines is 1. The van der Waals surface area contributed by atoms with Crippen molar-refractivity contribution in [2.24, 2.45) is 0 Å². The average molecular weight is 240 g/mol. The molecule has 0 bridgehead atoms. The maximum atomic E-state index is 11.4. The summed E-state index contributed by atoms with van der Waals surface area (Å²) < 4.78 is 32.2. The van der Waals surface area contributed by atoms with Gasteiger partial charge in [-0.25, -0.2) is 4.68 Å². The summed E-state index contributed by atoms with van der Waals surface area (Å²) in [4.78, 5) is 11.0. The van der Waals surface area contributed by atoms with Crippen LogP contribution in [-0.4, -0.2) is 22.8 Å². The quantitative estimate of drug-likeness (QED) is 0.744. The van der Waals surface area contributed by atoms with E-state index in [2.05, 4.69) is 5.10 Å². The molecule has 1 heterocycles. The van der Waals surface area contributed by atoms with Crippen LogP contribution in [0.2, 0.25) is 0 Å². The van der Waals surface area contributed by atoms with Gasteiger partial charge in [-0.3, -0.25) is 14.4 Å². The van der Waals surface area contributed by atoms with Crippen molar-refractivity contribution in [3.63, 3.8) is 0 Å². The van der Waals surface area contributed by atoms with Gasteiger partial charge >= 0.3 is 0 Å². The highest BCUT2D eigenvalue weighted by molar-refractivity contribution is 7.86. The second kappa shape index (κ2) is 3.62. The van der Waals surface area contributed by atoms with Gasteiger partial charge < -0.3 is 0 Å². The summed E-state index contributed by atoms with van der Waals surface area (Å²) in [5.41, 5.74) is -0.323. The van der Waals surface area contributed by atoms with Crippen LogP contribution in [0.4, 0.5) is 0 Å². The fraction of sp³-hybridized carbons (Fsp3) is 0. The van der Waals surface area contributed by atoms with Crippen molar-refractivity contribution >= 4 is 10.1 Å². The molecule has 0 saturated carbocycles. The number of benzene rings is 1. The summed E-state index contributed by atoms with van der Waals surface area (Å²) >= 11 is 0. The van der Waals surface area contributed by atoms with Crippen molar-refractivity contribution in [2.45, 2.75) is 4.90 Å². The summed E-state index contributed by atoms with van der Waals surface area (Å²) in [5.74, 6) is 0. The monoisotopic (exact) mass is 240 g/mol. The van der Waals surface area contributed by atoms with Gasteiger partial charge in [0, 0.05) is 12.3 Å². The van der Waals surface area contributed by atoms with E-state index < -0.39 is 15.7 Å². The molecule has 0 amide bonds. The molecule has 7 heteroatoms. The highest BCUT2D eigenvalue weighted by Gasteiger charge is 2.16. The Bertz CT molecular complexity index is 669. The molecular weight excluding hydrogens is 232 g/mol. The number of nitrogens with zero attached hydrogens (tertiary/aromatic N) is 1. The Morgan fingerprint density at radius 1 is 1.19 bits per heavy atom. The van der Waals surface area contributed by atoms with E-state index in [4.69, 9.17) is 4.55 Å². The van der Waals surface area contributed by atoms with Gasteiger partial charge in [-0.1, -0.05) is 12.1 Å². The lowest BCUT2D eigenvalue weighted by molar-refractivity contribution is 0.482. The SMILES string of the molecule is O=c1cc[nH]n1-c1ccccc1S(=O)(=O)O. The van der Waals surface area contributed by atoms with E-state index in [1.165, 1.54) is 30.5 Å². The van der Waals surface area contributed by atoms with E-state index in [1.54, 1.807) is 6.07 Å². The number of nitrogens with one attached hydrogen (secondary N) is 1. The Morgan fingerprint density at radius 2 is 1.88 bits per heavy atom. The Labute approximate surface area is 90.9 Å². The molecule has 0 aliphatic heterocycles. The van der Waals surface area contributed by atoms with Gasteiger partial charge in [0.25, 0.3) is 15.7 Å². The number of hydrogen-bond acceptors (Lipinski definition) is 3. The third-order valence-corrected chi connectivity index (χ3v) is 2.94. The molecule has 0 spiro atoms. The van der Waals surface area contributed by atoms with E-state index in [9.17, 15) is 13.2 Å². The molecule has 16 heavy (non-hydrogen) atoms. The van der Waals surface area contributed by atoms with Crippen molar-refractivity contribution < 1.29 is 13.0 Å². The van der Waals surface area contributed by atoms with Gasteiger partial charge in [0.2, 0.25) is 0 Å². The molecule has 0 radical (unpaired) electrons. The van der Waals surface area contributed by atoms with E-state index in [0.29, 0.717) is 0 Å². The molecule has 1 aromatic carbocycles. The summed E-state index contributed by atoms with van der Waals surface area (Å²) in [6.07, 6.45) is 1.38. The molecule has 0 aliphatic carbocycles. The second-order valence-corrected chi connectivity index (χ2v) is 4.47. The fourth-order valence-electron chi connectivity index (χ4n) is 1.37. The van der Waals surface area contributed by atoms with Gasteiger partial charge in [-0.15, -0.1) is 0 Å². The number of para-hydroxylation sites is 1. The zero-order valence-corrected chi connectivity index (χ0v) is 8.81. The smallest absolute Gasteiger partial charge is 0.296 e. The van der Waals surface area contributed by atoms with Crippen LogP contribution in [-0.2, 0) is 10.1 Å². The van der Waals surface area contributed by atoms with Crippen LogP contribution in [0, 0.1) is 0 Å². The van der Waals surface area contributed by atoms with Crippen molar-refractivity contribution in [1.29, 1.82) is 0 Å². The van der Waals surface area contributed by atoms with E-state index in [1.807, 2.05) is 0 Å². The van der Waals surface area contributed by atoms with Crippen LogP contribution >= 0.6 is 0 Å². The van der Waals surface area contributed by atoms with E-state index >= 15 is 0 Å². The first-order chi connectivity index (χ1) is 7.50. The van der Waals surface area contributed by atoms with Crippen LogP contribution < -0.4 is 5.56 Å². The Hall–Kier alpha value is -1.86. The Morgan fingerprint density at radius 3 is 2.44 bits per heavy atom. The van der Waals surface area contributed by atoms with Crippen molar-refractivity contribution in [1.82, 2.24) is 9.78 Å². The highest BCUT2D eigenvalue weighted by Crippen LogP contribution is 2.17. The molecule has 1 aromatic heterocycles. The largest absolute Gasteiger partial charge is 0.298 e. The van der Waals surface area contributed by atoms with Crippen LogP contribution in [0.25, 0.3) is 5.69 Å². The zero-order valence-electron chi connectivity index (χ0n) is 7.99. The van der Waals surface area contributed by atoms with Crippen molar-refractivity contribution in [3.05, 3.63) is 46.9 Å². The summed E-state index contributed by atoms with van der Waals surface area (Å²) in [6.45, 7) is 0. The second-order valence-electron chi connectivity index (χ2n) is 3.08. The Kier molecular flexibility index (Phi) is 2.41. The van der Waals surface area contributed by atoms with Crippen molar-refractivity contribution in [2.75, 3.05) is 0 Å². The van der Waals surface area contributed by atoms with Gasteiger partial charge in [0.05, 0.1) is 5.69 Å². The lowest BCUT2D eigenvalue weighted by Crippen LogP contribution is -2.16. The first-order valence-electron chi connectivity index (χ1n) is 4.33. The topological polar surface area (TPSA) is 92.2 Å². The zero-order chi connectivity index (χ0) is 11.8. The molecule has 2 N–H and O–H groups in total. The molecule has 84 valence electrons. The molecular formula is C9H8N2O4S. The third kappa shape index (κ3) is 1.77. The van der Waals surface area contributed by atoms with Crippen LogP contribution in [0.15, 0.2) is 46.2 Å². The fourth-order valence-corrected chi connectivity index (χ4v) is 2.04. The molecule has 2 rings (SSSR count). The first-order valence-corrected chi connectivity index (χ1v) is 5.77. The molecule has 0 saturated heterocycles. The predicted octanol–water partition coefficient (Wildman–Crippen LogP) is 0.412. The van der Waals surface area contributed by atoms with E-state index in [-0.39, 0.29) is 10.6 Å². The molecule has 2 aromatic rings. The van der Waals surface area contributed by atoms with Crippen LogP contribution in [0.1, 0.15) is 0 Å². The summed E-state index contributed by atoms with van der Waals surface area (Å²) in [6, 6.07) is 6.91. The summed E-state index contributed by atoms with van der Waals surface area (Å²) in [7, 11) is -4.36. The average Bonchev–Trinajstić information content (AvgIpc) is 2.63. The number of rotatable bonds is 2. The third-order valence-electron chi connectivity index (χ3n) is 2.03. The van der Waals surface area contributed by atoms with Crippen LogP contribution in [0.3, 0.4) is 0 Å². The lowest BCUT2D eigenvalue weighted by Gasteiger charge is -2.06. The van der Waals surface area contributed by atoms with Gasteiger partial charge in [-0.2, -0.15) is 8.42 Å².